The molecular formula is C13H19ClN2. The van der Waals surface area contributed by atoms with E-state index in [1.807, 2.05) is 20.2 Å². The third-order valence-corrected chi connectivity index (χ3v) is 3.71. The lowest BCUT2D eigenvalue weighted by Crippen LogP contribution is -2.43. The molecule has 1 aliphatic carbocycles. The smallest absolute Gasteiger partial charge is 0.0454 e. The van der Waals surface area contributed by atoms with Crippen molar-refractivity contribution in [3.05, 3.63) is 34.3 Å². The lowest BCUT2D eigenvalue weighted by atomic mass is 9.73. The molecule has 1 aliphatic rings. The van der Waals surface area contributed by atoms with Crippen molar-refractivity contribution in [3.63, 3.8) is 0 Å². The van der Waals surface area contributed by atoms with Crippen LogP contribution >= 0.6 is 11.6 Å². The Balaban J connectivity index is 2.22. The van der Waals surface area contributed by atoms with Gasteiger partial charge in [0.1, 0.15) is 0 Å². The van der Waals surface area contributed by atoms with Gasteiger partial charge in [-0.2, -0.15) is 0 Å². The van der Waals surface area contributed by atoms with E-state index in [-0.39, 0.29) is 5.54 Å². The van der Waals surface area contributed by atoms with E-state index in [0.29, 0.717) is 0 Å². The summed E-state index contributed by atoms with van der Waals surface area (Å²) >= 11 is 6.28. The molecule has 0 saturated heterocycles. The minimum Gasteiger partial charge on any atom is -0.321 e. The molecule has 2 nitrogen and oxygen atoms in total. The summed E-state index contributed by atoms with van der Waals surface area (Å²) in [6.07, 6.45) is 3.39. The topological polar surface area (TPSA) is 29.3 Å². The predicted molar refractivity (Wildman–Crippen MR) is 68.6 cm³/mol. The van der Waals surface area contributed by atoms with Gasteiger partial charge in [0.05, 0.1) is 0 Å². The molecular weight excluding hydrogens is 220 g/mol. The third-order valence-electron chi connectivity index (χ3n) is 3.36. The molecule has 3 heteroatoms. The number of rotatable bonds is 3. The summed E-state index contributed by atoms with van der Waals surface area (Å²) in [5, 5.41) is 0.836. The van der Waals surface area contributed by atoms with Crippen LogP contribution in [0.15, 0.2) is 18.2 Å². The Hall–Kier alpha value is -0.570. The molecule has 0 aliphatic heterocycles. The monoisotopic (exact) mass is 238 g/mol. The van der Waals surface area contributed by atoms with Crippen molar-refractivity contribution in [1.82, 2.24) is 4.90 Å². The van der Waals surface area contributed by atoms with Gasteiger partial charge in [-0.15, -0.1) is 0 Å². The minimum absolute atomic E-state index is 0.111. The van der Waals surface area contributed by atoms with Crippen molar-refractivity contribution in [1.29, 1.82) is 0 Å². The minimum atomic E-state index is -0.111. The average Bonchev–Trinajstić information content (AvgIpc) is 2.17. The highest BCUT2D eigenvalue weighted by Crippen LogP contribution is 2.39. The second-order valence-electron chi connectivity index (χ2n) is 5.05. The number of benzene rings is 1. The molecule has 1 aromatic carbocycles. The second-order valence-corrected chi connectivity index (χ2v) is 5.46. The molecule has 2 N–H and O–H groups in total. The van der Waals surface area contributed by atoms with Crippen LogP contribution in [-0.2, 0) is 12.1 Å². The van der Waals surface area contributed by atoms with Crippen molar-refractivity contribution < 1.29 is 0 Å². The Morgan fingerprint density at radius 1 is 1.38 bits per heavy atom. The summed E-state index contributed by atoms with van der Waals surface area (Å²) in [7, 11) is 4.08. The summed E-state index contributed by atoms with van der Waals surface area (Å²) < 4.78 is 0. The highest BCUT2D eigenvalue weighted by molar-refractivity contribution is 6.31. The van der Waals surface area contributed by atoms with E-state index < -0.39 is 0 Å². The van der Waals surface area contributed by atoms with Crippen LogP contribution in [0, 0.1) is 0 Å². The van der Waals surface area contributed by atoms with Crippen LogP contribution in [0.1, 0.15) is 30.4 Å². The first-order valence-corrected chi connectivity index (χ1v) is 6.11. The van der Waals surface area contributed by atoms with Gasteiger partial charge in [-0.3, -0.25) is 0 Å². The highest BCUT2D eigenvalue weighted by Gasteiger charge is 2.34. The summed E-state index contributed by atoms with van der Waals surface area (Å²) in [5.41, 5.74) is 8.52. The molecule has 88 valence electrons. The molecule has 0 unspecified atom stereocenters. The van der Waals surface area contributed by atoms with Gasteiger partial charge >= 0.3 is 0 Å². The molecule has 0 spiro atoms. The van der Waals surface area contributed by atoms with Crippen LogP contribution in [0.4, 0.5) is 0 Å². The quantitative estimate of drug-likeness (QED) is 0.878. The summed E-state index contributed by atoms with van der Waals surface area (Å²) in [6, 6.07) is 6.27. The van der Waals surface area contributed by atoms with Crippen molar-refractivity contribution >= 4 is 11.6 Å². The van der Waals surface area contributed by atoms with E-state index in [0.717, 1.165) is 24.4 Å². The Bertz CT molecular complexity index is 384. The van der Waals surface area contributed by atoms with Crippen LogP contribution in [-0.4, -0.2) is 19.0 Å². The molecule has 1 fully saturated rings. The molecule has 2 rings (SSSR count). The molecule has 0 bridgehead atoms. The maximum absolute atomic E-state index is 6.28. The number of hydrogen-bond donors (Lipinski definition) is 1. The lowest BCUT2D eigenvalue weighted by molar-refractivity contribution is 0.253. The van der Waals surface area contributed by atoms with Gasteiger partial charge < -0.3 is 10.6 Å². The molecule has 1 saturated carbocycles. The first kappa shape index (κ1) is 11.9. The predicted octanol–water partition coefficient (Wildman–Crippen LogP) is 2.74. The van der Waals surface area contributed by atoms with Crippen LogP contribution < -0.4 is 5.73 Å². The van der Waals surface area contributed by atoms with Gasteiger partial charge in [0.15, 0.2) is 0 Å². The maximum atomic E-state index is 6.28. The molecule has 0 amide bonds. The van der Waals surface area contributed by atoms with Crippen molar-refractivity contribution in [3.8, 4) is 0 Å². The van der Waals surface area contributed by atoms with Crippen LogP contribution in [0.3, 0.4) is 0 Å². The Morgan fingerprint density at radius 2 is 2.06 bits per heavy atom. The van der Waals surface area contributed by atoms with E-state index in [9.17, 15) is 0 Å². The SMILES string of the molecule is CN(C)Cc1ccc(C2(N)CCC2)cc1Cl. The Kier molecular flexibility index (Phi) is 3.24. The van der Waals surface area contributed by atoms with E-state index in [1.54, 1.807) is 0 Å². The molecule has 0 aromatic heterocycles. The zero-order valence-electron chi connectivity index (χ0n) is 9.96. The van der Waals surface area contributed by atoms with Gasteiger partial charge in [0.2, 0.25) is 0 Å². The van der Waals surface area contributed by atoms with E-state index >= 15 is 0 Å². The van der Waals surface area contributed by atoms with Crippen molar-refractivity contribution in [2.45, 2.75) is 31.3 Å². The first-order valence-electron chi connectivity index (χ1n) is 5.74. The lowest BCUT2D eigenvalue weighted by Gasteiger charge is -2.38. The number of nitrogens with zero attached hydrogens (tertiary/aromatic N) is 1. The zero-order chi connectivity index (χ0) is 11.8. The first-order chi connectivity index (χ1) is 7.51. The van der Waals surface area contributed by atoms with Gasteiger partial charge in [-0.25, -0.2) is 0 Å². The number of halogens is 1. The fourth-order valence-electron chi connectivity index (χ4n) is 2.17. The second kappa shape index (κ2) is 4.36. The average molecular weight is 239 g/mol. The highest BCUT2D eigenvalue weighted by atomic mass is 35.5. The Morgan fingerprint density at radius 3 is 2.50 bits per heavy atom. The maximum Gasteiger partial charge on any atom is 0.0454 e. The van der Waals surface area contributed by atoms with Crippen LogP contribution in [0.2, 0.25) is 5.02 Å². The summed E-state index contributed by atoms with van der Waals surface area (Å²) in [6.45, 7) is 0.872. The molecule has 0 atom stereocenters. The van der Waals surface area contributed by atoms with Gasteiger partial charge in [-0.05, 0) is 50.6 Å². The third kappa shape index (κ3) is 2.24. The summed E-state index contributed by atoms with van der Waals surface area (Å²) in [5.74, 6) is 0. The largest absolute Gasteiger partial charge is 0.321 e. The van der Waals surface area contributed by atoms with Gasteiger partial charge in [0, 0.05) is 17.1 Å². The number of nitrogens with two attached hydrogens (primary N) is 1. The molecule has 16 heavy (non-hydrogen) atoms. The summed E-state index contributed by atoms with van der Waals surface area (Å²) in [4.78, 5) is 2.11. The molecule has 1 aromatic rings. The zero-order valence-corrected chi connectivity index (χ0v) is 10.7. The normalized spacial score (nSPS) is 18.6. The fourth-order valence-corrected chi connectivity index (χ4v) is 2.41. The van der Waals surface area contributed by atoms with Gasteiger partial charge in [-0.1, -0.05) is 23.7 Å². The molecule has 0 heterocycles. The molecule has 0 radical (unpaired) electrons. The number of hydrogen-bond acceptors (Lipinski definition) is 2. The van der Waals surface area contributed by atoms with Crippen LogP contribution in [0.5, 0.6) is 0 Å². The standard InChI is InChI=1S/C13H19ClN2/c1-16(2)9-10-4-5-11(8-12(10)14)13(15)6-3-7-13/h4-5,8H,3,6-7,9,15H2,1-2H3. The van der Waals surface area contributed by atoms with Crippen molar-refractivity contribution in [2.24, 2.45) is 5.73 Å². The van der Waals surface area contributed by atoms with E-state index in [1.165, 1.54) is 17.5 Å². The van der Waals surface area contributed by atoms with E-state index in [4.69, 9.17) is 17.3 Å². The fraction of sp³-hybridized carbons (Fsp3) is 0.538. The van der Waals surface area contributed by atoms with Crippen molar-refractivity contribution in [2.75, 3.05) is 14.1 Å². The van der Waals surface area contributed by atoms with Crippen LogP contribution in [0.25, 0.3) is 0 Å². The van der Waals surface area contributed by atoms with E-state index in [2.05, 4.69) is 17.0 Å². The Labute approximate surface area is 102 Å². The van der Waals surface area contributed by atoms with Gasteiger partial charge in [0.25, 0.3) is 0 Å².